The lowest BCUT2D eigenvalue weighted by atomic mass is 10.1. The molecule has 5 rings (SSSR count). The molecule has 0 saturated carbocycles. The number of aliphatic hydroxyl groups excluding tert-OH is 1. The van der Waals surface area contributed by atoms with E-state index in [4.69, 9.17) is 40.4 Å². The van der Waals surface area contributed by atoms with Crippen molar-refractivity contribution in [1.29, 1.82) is 0 Å². The fourth-order valence-electron chi connectivity index (χ4n) is 4.07. The lowest BCUT2D eigenvalue weighted by molar-refractivity contribution is -0.0626. The van der Waals surface area contributed by atoms with Crippen LogP contribution in [-0.4, -0.2) is 63.3 Å². The molecule has 0 bridgehead atoms. The molecule has 3 N–H and O–H groups in total. The van der Waals surface area contributed by atoms with Gasteiger partial charge in [0.25, 0.3) is 0 Å². The molecule has 12 nitrogen and oxygen atoms in total. The smallest absolute Gasteiger partial charge is 0.387 e. The largest absolute Gasteiger partial charge is 0.475 e. The topological polar surface area (TPSA) is 153 Å². The molecule has 2 aliphatic rings. The molecular formula is C20H23ClN5O7P. The summed E-state index contributed by atoms with van der Waals surface area (Å²) in [7, 11) is -2.47. The number of benzene rings is 1. The number of nitrogens with two attached hydrogens (primary N) is 1. The van der Waals surface area contributed by atoms with Gasteiger partial charge in [0.05, 0.1) is 25.6 Å². The van der Waals surface area contributed by atoms with Crippen LogP contribution in [0.5, 0.6) is 0 Å². The SMILES string of the molecule is COC1C(O)[C@@H](COP2(=O)OCCC(c3cccc(Cl)c3)O2)O[C@H]1n1cnc2c(N)ncnc21. The maximum Gasteiger partial charge on any atom is 0.475 e. The first-order chi connectivity index (χ1) is 16.4. The lowest BCUT2D eigenvalue weighted by Gasteiger charge is -2.30. The number of aliphatic hydroxyl groups is 1. The van der Waals surface area contributed by atoms with E-state index in [0.29, 0.717) is 22.6 Å². The molecule has 0 spiro atoms. The number of nitrogens with zero attached hydrogens (tertiary/aromatic N) is 4. The third-order valence-corrected chi connectivity index (χ3v) is 7.46. The number of nitrogen functional groups attached to an aromatic ring is 1. The van der Waals surface area contributed by atoms with Crippen LogP contribution in [0, 0.1) is 0 Å². The van der Waals surface area contributed by atoms with Gasteiger partial charge in [-0.15, -0.1) is 0 Å². The maximum atomic E-state index is 13.1. The van der Waals surface area contributed by atoms with E-state index in [1.54, 1.807) is 22.8 Å². The zero-order valence-corrected chi connectivity index (χ0v) is 19.7. The number of hydrogen-bond donors (Lipinski definition) is 2. The number of fused-ring (bicyclic) bond motifs is 1. The van der Waals surface area contributed by atoms with Crippen LogP contribution in [0.3, 0.4) is 0 Å². The van der Waals surface area contributed by atoms with Crippen molar-refractivity contribution in [2.75, 3.05) is 26.1 Å². The molecule has 34 heavy (non-hydrogen) atoms. The second-order valence-corrected chi connectivity index (χ2v) is 9.91. The van der Waals surface area contributed by atoms with Crippen LogP contribution >= 0.6 is 19.4 Å². The Morgan fingerprint density at radius 1 is 1.35 bits per heavy atom. The molecular weight excluding hydrogens is 489 g/mol. The number of methoxy groups -OCH3 is 1. The second kappa shape index (κ2) is 9.48. The number of imidazole rings is 1. The normalized spacial score (nSPS) is 31.8. The molecule has 4 unspecified atom stereocenters. The minimum atomic E-state index is -3.91. The summed E-state index contributed by atoms with van der Waals surface area (Å²) >= 11 is 6.06. The van der Waals surface area contributed by atoms with Gasteiger partial charge in [-0.1, -0.05) is 23.7 Å². The molecule has 6 atom stereocenters. The maximum absolute atomic E-state index is 13.1. The Hall–Kier alpha value is -2.15. The number of aromatic nitrogens is 4. The van der Waals surface area contributed by atoms with E-state index in [1.807, 2.05) is 6.07 Å². The van der Waals surface area contributed by atoms with Crippen LogP contribution in [-0.2, 0) is 27.6 Å². The van der Waals surface area contributed by atoms with E-state index in [9.17, 15) is 9.67 Å². The molecule has 1 aromatic carbocycles. The fourth-order valence-corrected chi connectivity index (χ4v) is 5.66. The molecule has 3 aromatic rings. The van der Waals surface area contributed by atoms with Gasteiger partial charge >= 0.3 is 7.82 Å². The number of halogens is 1. The van der Waals surface area contributed by atoms with E-state index in [-0.39, 0.29) is 19.0 Å². The molecule has 2 aliphatic heterocycles. The van der Waals surface area contributed by atoms with Crippen LogP contribution in [0.25, 0.3) is 11.2 Å². The standard InChI is InChI=1S/C20H23ClN5O7P/c1-29-17-16(27)14(32-20(17)26-10-25-15-18(22)23-9-24-19(15)26)8-31-34(28)30-6-5-13(33-34)11-3-2-4-12(21)7-11/h2-4,7,9-10,13-14,16-17,20,27H,5-6,8H2,1H3,(H2,22,23,24)/t13?,14-,16?,17?,20-,34?/m1/s1. The lowest BCUT2D eigenvalue weighted by Crippen LogP contribution is -2.35. The Balaban J connectivity index is 1.30. The summed E-state index contributed by atoms with van der Waals surface area (Å²) in [6.45, 7) is -0.0885. The number of rotatable bonds is 6. The van der Waals surface area contributed by atoms with Crippen molar-refractivity contribution in [2.45, 2.75) is 37.1 Å². The Labute approximate surface area is 199 Å². The Bertz CT molecular complexity index is 1230. The van der Waals surface area contributed by atoms with E-state index in [1.165, 1.54) is 19.8 Å². The van der Waals surface area contributed by atoms with Gasteiger partial charge < -0.3 is 20.3 Å². The number of phosphoric ester groups is 1. The summed E-state index contributed by atoms with van der Waals surface area (Å²) < 4.78 is 42.7. The van der Waals surface area contributed by atoms with E-state index in [2.05, 4.69) is 15.0 Å². The fraction of sp³-hybridized carbons (Fsp3) is 0.450. The van der Waals surface area contributed by atoms with Crippen LogP contribution < -0.4 is 5.73 Å². The quantitative estimate of drug-likeness (QED) is 0.469. The van der Waals surface area contributed by atoms with Gasteiger partial charge in [-0.25, -0.2) is 19.5 Å². The van der Waals surface area contributed by atoms with Gasteiger partial charge in [0.15, 0.2) is 17.7 Å². The van der Waals surface area contributed by atoms with Gasteiger partial charge in [0.1, 0.15) is 30.2 Å². The number of phosphoric acid groups is 1. The van der Waals surface area contributed by atoms with Gasteiger partial charge in [-0.2, -0.15) is 0 Å². The predicted molar refractivity (Wildman–Crippen MR) is 120 cm³/mol. The minimum absolute atomic E-state index is 0.175. The first-order valence-corrected chi connectivity index (χ1v) is 12.3. The minimum Gasteiger partial charge on any atom is -0.387 e. The van der Waals surface area contributed by atoms with Gasteiger partial charge in [0, 0.05) is 18.6 Å². The van der Waals surface area contributed by atoms with Crippen LogP contribution in [0.2, 0.25) is 5.02 Å². The summed E-state index contributed by atoms with van der Waals surface area (Å²) in [5.41, 5.74) is 7.45. The van der Waals surface area contributed by atoms with Gasteiger partial charge in [-0.3, -0.25) is 18.1 Å². The molecule has 14 heteroatoms. The molecule has 0 amide bonds. The number of hydrogen-bond acceptors (Lipinski definition) is 11. The van der Waals surface area contributed by atoms with Crippen molar-refractivity contribution in [2.24, 2.45) is 0 Å². The van der Waals surface area contributed by atoms with Crippen LogP contribution in [0.15, 0.2) is 36.9 Å². The molecule has 182 valence electrons. The van der Waals surface area contributed by atoms with E-state index in [0.717, 1.165) is 5.56 Å². The second-order valence-electron chi connectivity index (χ2n) is 7.85. The Morgan fingerprint density at radius 2 is 2.21 bits per heavy atom. The highest BCUT2D eigenvalue weighted by Gasteiger charge is 2.47. The Morgan fingerprint density at radius 3 is 3.00 bits per heavy atom. The average Bonchev–Trinajstić information content (AvgIpc) is 3.39. The molecule has 4 heterocycles. The third-order valence-electron chi connectivity index (χ3n) is 5.75. The van der Waals surface area contributed by atoms with Crippen molar-refractivity contribution in [3.63, 3.8) is 0 Å². The molecule has 0 aliphatic carbocycles. The molecule has 0 radical (unpaired) electrons. The van der Waals surface area contributed by atoms with Gasteiger partial charge in [-0.05, 0) is 17.7 Å². The highest BCUT2D eigenvalue weighted by Crippen LogP contribution is 2.57. The number of ether oxygens (including phenoxy) is 2. The van der Waals surface area contributed by atoms with E-state index >= 15 is 0 Å². The van der Waals surface area contributed by atoms with Gasteiger partial charge in [0.2, 0.25) is 0 Å². The van der Waals surface area contributed by atoms with Crippen molar-refractivity contribution in [1.82, 2.24) is 19.5 Å². The highest BCUT2D eigenvalue weighted by molar-refractivity contribution is 7.48. The summed E-state index contributed by atoms with van der Waals surface area (Å²) in [6, 6.07) is 7.10. The third kappa shape index (κ3) is 4.43. The zero-order chi connectivity index (χ0) is 23.9. The average molecular weight is 512 g/mol. The first kappa shape index (κ1) is 23.6. The monoisotopic (exact) mass is 511 g/mol. The van der Waals surface area contributed by atoms with Crippen molar-refractivity contribution < 1.29 is 32.7 Å². The zero-order valence-electron chi connectivity index (χ0n) is 18.1. The Kier molecular flexibility index (Phi) is 6.58. The molecule has 2 saturated heterocycles. The number of anilines is 1. The highest BCUT2D eigenvalue weighted by atomic mass is 35.5. The van der Waals surface area contributed by atoms with Crippen LogP contribution in [0.4, 0.5) is 5.82 Å². The van der Waals surface area contributed by atoms with Crippen LogP contribution in [0.1, 0.15) is 24.3 Å². The molecule has 2 aromatic heterocycles. The predicted octanol–water partition coefficient (Wildman–Crippen LogP) is 2.64. The van der Waals surface area contributed by atoms with Crippen molar-refractivity contribution in [3.8, 4) is 0 Å². The summed E-state index contributed by atoms with van der Waals surface area (Å²) in [4.78, 5) is 12.4. The summed E-state index contributed by atoms with van der Waals surface area (Å²) in [5.74, 6) is 0.218. The van der Waals surface area contributed by atoms with Crippen molar-refractivity contribution >= 4 is 36.4 Å². The first-order valence-electron chi connectivity index (χ1n) is 10.5. The molecule has 2 fully saturated rings. The summed E-state index contributed by atoms with van der Waals surface area (Å²) in [6.07, 6.45) is -0.797. The summed E-state index contributed by atoms with van der Waals surface area (Å²) in [5, 5.41) is 11.4. The van der Waals surface area contributed by atoms with Crippen molar-refractivity contribution in [3.05, 3.63) is 47.5 Å². The van der Waals surface area contributed by atoms with E-state index < -0.39 is 38.5 Å².